The number of aliphatic hydroxyl groups excluding tert-OH is 2. The molecule has 3 rings (SSSR count). The Balaban J connectivity index is 1.74. The predicted molar refractivity (Wildman–Crippen MR) is 107 cm³/mol. The summed E-state index contributed by atoms with van der Waals surface area (Å²) in [7, 11) is 0. The summed E-state index contributed by atoms with van der Waals surface area (Å²) in [6.07, 6.45) is 1.000. The summed E-state index contributed by atoms with van der Waals surface area (Å²) in [6, 6.07) is 10.3. The lowest BCUT2D eigenvalue weighted by molar-refractivity contribution is 0.0596. The Bertz CT molecular complexity index is 958. The first-order valence-electron chi connectivity index (χ1n) is 9.10. The Morgan fingerprint density at radius 3 is 2.61 bits per heavy atom. The number of hydrogen-bond donors (Lipinski definition) is 4. The van der Waals surface area contributed by atoms with E-state index in [1.54, 1.807) is 36.5 Å². The molecular formula is C21H25N3O4. The molecule has 1 unspecified atom stereocenters. The monoisotopic (exact) mass is 383 g/mol. The van der Waals surface area contributed by atoms with E-state index in [1.165, 1.54) is 0 Å². The van der Waals surface area contributed by atoms with Gasteiger partial charge < -0.3 is 25.3 Å². The fraction of sp³-hybridized carbons (Fsp3) is 0.333. The molecule has 1 aromatic carbocycles. The van der Waals surface area contributed by atoms with Crippen LogP contribution in [0, 0.1) is 5.41 Å². The maximum absolute atomic E-state index is 12.4. The molecule has 1 atom stereocenters. The zero-order chi connectivity index (χ0) is 20.3. The number of rotatable bonds is 6. The van der Waals surface area contributed by atoms with Gasteiger partial charge in [0.15, 0.2) is 0 Å². The van der Waals surface area contributed by atoms with Crippen molar-refractivity contribution >= 4 is 22.6 Å². The van der Waals surface area contributed by atoms with E-state index in [2.05, 4.69) is 15.3 Å². The standard InChI is InChI=1S/C21H25N3O4/c1-21(2,3)19(26)16-10-14-11-18(22-12-17(14)23-16)24-20(27)13-4-6-15(7-5-13)28-9-8-25/h4-7,10-12,19,23,25-26H,8-9H2,1-3H3,(H,22,24,27). The van der Waals surface area contributed by atoms with Crippen LogP contribution in [0.2, 0.25) is 0 Å². The molecule has 1 amide bonds. The van der Waals surface area contributed by atoms with Gasteiger partial charge in [-0.05, 0) is 41.8 Å². The summed E-state index contributed by atoms with van der Waals surface area (Å²) in [5.41, 5.74) is 1.68. The number of anilines is 1. The predicted octanol–water partition coefficient (Wildman–Crippen LogP) is 3.27. The second kappa shape index (κ2) is 8.00. The van der Waals surface area contributed by atoms with Crippen molar-refractivity contribution in [2.75, 3.05) is 18.5 Å². The SMILES string of the molecule is CC(C)(C)C(O)c1cc2cc(NC(=O)c3ccc(OCCO)cc3)ncc2[nH]1. The first-order chi connectivity index (χ1) is 13.3. The molecule has 3 aromatic rings. The first kappa shape index (κ1) is 19.9. The number of ether oxygens (including phenoxy) is 1. The molecule has 0 saturated carbocycles. The van der Waals surface area contributed by atoms with Gasteiger partial charge in [-0.2, -0.15) is 0 Å². The quantitative estimate of drug-likeness (QED) is 0.523. The number of aromatic amines is 1. The van der Waals surface area contributed by atoms with Gasteiger partial charge in [-0.25, -0.2) is 4.98 Å². The van der Waals surface area contributed by atoms with E-state index in [-0.39, 0.29) is 24.5 Å². The van der Waals surface area contributed by atoms with Crippen molar-refractivity contribution in [3.05, 3.63) is 53.9 Å². The van der Waals surface area contributed by atoms with Crippen LogP contribution >= 0.6 is 0 Å². The number of H-pyrrole nitrogens is 1. The number of aliphatic hydroxyl groups is 2. The Labute approximate surface area is 163 Å². The molecule has 0 aliphatic carbocycles. The maximum atomic E-state index is 12.4. The lowest BCUT2D eigenvalue weighted by Crippen LogP contribution is -2.17. The van der Waals surface area contributed by atoms with Crippen molar-refractivity contribution in [2.24, 2.45) is 5.41 Å². The van der Waals surface area contributed by atoms with Crippen molar-refractivity contribution < 1.29 is 19.7 Å². The van der Waals surface area contributed by atoms with Crippen molar-refractivity contribution in [3.63, 3.8) is 0 Å². The molecule has 2 heterocycles. The number of carbonyl (C=O) groups is 1. The van der Waals surface area contributed by atoms with E-state index in [0.29, 0.717) is 22.8 Å². The Morgan fingerprint density at radius 2 is 1.96 bits per heavy atom. The topological polar surface area (TPSA) is 107 Å². The molecule has 2 aromatic heterocycles. The summed E-state index contributed by atoms with van der Waals surface area (Å²) in [5, 5.41) is 22.9. The van der Waals surface area contributed by atoms with Gasteiger partial charge >= 0.3 is 0 Å². The lowest BCUT2D eigenvalue weighted by atomic mass is 9.87. The van der Waals surface area contributed by atoms with Crippen molar-refractivity contribution in [1.82, 2.24) is 9.97 Å². The maximum Gasteiger partial charge on any atom is 0.256 e. The third-order valence-corrected chi connectivity index (χ3v) is 4.36. The summed E-state index contributed by atoms with van der Waals surface area (Å²) >= 11 is 0. The van der Waals surface area contributed by atoms with Gasteiger partial charge in [0.05, 0.1) is 24.4 Å². The number of benzene rings is 1. The van der Waals surface area contributed by atoms with Crippen molar-refractivity contribution in [2.45, 2.75) is 26.9 Å². The second-order valence-corrected chi connectivity index (χ2v) is 7.70. The minimum atomic E-state index is -0.635. The molecule has 0 spiro atoms. The van der Waals surface area contributed by atoms with Crippen molar-refractivity contribution in [1.29, 1.82) is 0 Å². The molecule has 28 heavy (non-hydrogen) atoms. The summed E-state index contributed by atoms with van der Waals surface area (Å²) < 4.78 is 5.28. The van der Waals surface area contributed by atoms with E-state index < -0.39 is 6.10 Å². The van der Waals surface area contributed by atoms with Gasteiger partial charge in [0.25, 0.3) is 5.91 Å². The minimum Gasteiger partial charge on any atom is -0.491 e. The fourth-order valence-electron chi connectivity index (χ4n) is 2.79. The molecule has 0 bridgehead atoms. The number of aromatic nitrogens is 2. The number of nitrogens with zero attached hydrogens (tertiary/aromatic N) is 1. The van der Waals surface area contributed by atoms with Crippen LogP contribution in [0.15, 0.2) is 42.6 Å². The first-order valence-corrected chi connectivity index (χ1v) is 9.10. The molecule has 0 aliphatic rings. The molecule has 0 aliphatic heterocycles. The third-order valence-electron chi connectivity index (χ3n) is 4.36. The van der Waals surface area contributed by atoms with Gasteiger partial charge in [0.2, 0.25) is 0 Å². The molecule has 0 saturated heterocycles. The van der Waals surface area contributed by atoms with Gasteiger partial charge in [0.1, 0.15) is 18.2 Å². The highest BCUT2D eigenvalue weighted by atomic mass is 16.5. The lowest BCUT2D eigenvalue weighted by Gasteiger charge is -2.24. The highest BCUT2D eigenvalue weighted by Crippen LogP contribution is 2.33. The molecule has 148 valence electrons. The van der Waals surface area contributed by atoms with Gasteiger partial charge in [0, 0.05) is 16.6 Å². The smallest absolute Gasteiger partial charge is 0.256 e. The van der Waals surface area contributed by atoms with E-state index in [4.69, 9.17) is 9.84 Å². The van der Waals surface area contributed by atoms with E-state index in [0.717, 1.165) is 10.9 Å². The number of amides is 1. The highest BCUT2D eigenvalue weighted by Gasteiger charge is 2.25. The van der Waals surface area contributed by atoms with Gasteiger partial charge in [-0.1, -0.05) is 20.8 Å². The van der Waals surface area contributed by atoms with E-state index in [9.17, 15) is 9.90 Å². The number of carbonyl (C=O) groups excluding carboxylic acids is 1. The van der Waals surface area contributed by atoms with Crippen molar-refractivity contribution in [3.8, 4) is 5.75 Å². The Morgan fingerprint density at radius 1 is 1.25 bits per heavy atom. The van der Waals surface area contributed by atoms with E-state index >= 15 is 0 Å². The van der Waals surface area contributed by atoms with E-state index in [1.807, 2.05) is 26.8 Å². The van der Waals surface area contributed by atoms with Crippen LogP contribution in [0.1, 0.15) is 42.9 Å². The Kier molecular flexibility index (Phi) is 5.67. The molecular weight excluding hydrogens is 358 g/mol. The summed E-state index contributed by atoms with van der Waals surface area (Å²) in [6.45, 7) is 6.04. The highest BCUT2D eigenvalue weighted by molar-refractivity contribution is 6.04. The van der Waals surface area contributed by atoms with Crippen LogP contribution in [0.4, 0.5) is 5.82 Å². The average Bonchev–Trinajstić information content (AvgIpc) is 3.08. The number of nitrogens with one attached hydrogen (secondary N) is 2. The second-order valence-electron chi connectivity index (χ2n) is 7.70. The van der Waals surface area contributed by atoms with Crippen LogP contribution in [-0.4, -0.2) is 39.3 Å². The van der Waals surface area contributed by atoms with Crippen LogP contribution in [-0.2, 0) is 0 Å². The molecule has 0 fully saturated rings. The minimum absolute atomic E-state index is 0.0654. The normalized spacial score (nSPS) is 12.8. The molecule has 4 N–H and O–H groups in total. The molecule has 7 nitrogen and oxygen atoms in total. The zero-order valence-electron chi connectivity index (χ0n) is 16.2. The number of fused-ring (bicyclic) bond motifs is 1. The van der Waals surface area contributed by atoms with Crippen LogP contribution in [0.5, 0.6) is 5.75 Å². The largest absolute Gasteiger partial charge is 0.491 e. The van der Waals surface area contributed by atoms with Crippen LogP contribution in [0.3, 0.4) is 0 Å². The zero-order valence-corrected chi connectivity index (χ0v) is 16.2. The summed E-state index contributed by atoms with van der Waals surface area (Å²) in [4.78, 5) is 19.9. The molecule has 7 heteroatoms. The van der Waals surface area contributed by atoms with Gasteiger partial charge in [-0.3, -0.25) is 4.79 Å². The van der Waals surface area contributed by atoms with Crippen LogP contribution < -0.4 is 10.1 Å². The Hall–Kier alpha value is -2.90. The van der Waals surface area contributed by atoms with Crippen LogP contribution in [0.25, 0.3) is 10.9 Å². The van der Waals surface area contributed by atoms with Gasteiger partial charge in [-0.15, -0.1) is 0 Å². The fourth-order valence-corrected chi connectivity index (χ4v) is 2.79. The average molecular weight is 383 g/mol. The third kappa shape index (κ3) is 4.49. The molecule has 0 radical (unpaired) electrons. The summed E-state index contributed by atoms with van der Waals surface area (Å²) in [5.74, 6) is 0.724. The number of pyridine rings is 1. The number of hydrogen-bond acceptors (Lipinski definition) is 5.